The number of thioether (sulfide) groups is 1. The minimum Gasteiger partial charge on any atom is -0.393 e. The van der Waals surface area contributed by atoms with Crippen LogP contribution in [0.1, 0.15) is 6.42 Å². The van der Waals surface area contributed by atoms with Crippen LogP contribution in [0.2, 0.25) is 5.02 Å². The van der Waals surface area contributed by atoms with Gasteiger partial charge in [-0.2, -0.15) is 0 Å². The first-order valence-corrected chi connectivity index (χ1v) is 6.14. The van der Waals surface area contributed by atoms with E-state index in [-0.39, 0.29) is 12.3 Å². The lowest BCUT2D eigenvalue weighted by atomic mass is 10.1. The van der Waals surface area contributed by atoms with Crippen LogP contribution in [0.5, 0.6) is 0 Å². The minimum absolute atomic E-state index is 0.194. The van der Waals surface area contributed by atoms with Crippen LogP contribution in [0.3, 0.4) is 0 Å². The summed E-state index contributed by atoms with van der Waals surface area (Å²) in [6.07, 6.45) is 0.194. The highest BCUT2D eigenvalue weighted by Crippen LogP contribution is 2.26. The molecular weight excluding hydrogens is 248 g/mol. The van der Waals surface area contributed by atoms with E-state index in [1.807, 2.05) is 12.1 Å². The van der Waals surface area contributed by atoms with E-state index in [4.69, 9.17) is 11.6 Å². The number of halogens is 1. The summed E-state index contributed by atoms with van der Waals surface area (Å²) in [4.78, 5) is 23.1. The van der Waals surface area contributed by atoms with E-state index in [0.29, 0.717) is 10.8 Å². The SMILES string of the molecule is O=C1CC(CSc2ccc(Cl)cc2)C(=O)O1. The largest absolute Gasteiger partial charge is 0.393 e. The molecule has 2 rings (SSSR count). The molecule has 0 amide bonds. The van der Waals surface area contributed by atoms with Crippen molar-refractivity contribution in [2.24, 2.45) is 5.92 Å². The maximum absolute atomic E-state index is 11.2. The molecule has 1 aliphatic heterocycles. The summed E-state index contributed by atoms with van der Waals surface area (Å²) < 4.78 is 4.47. The molecule has 1 saturated heterocycles. The monoisotopic (exact) mass is 256 g/mol. The van der Waals surface area contributed by atoms with Gasteiger partial charge in [-0.15, -0.1) is 11.8 Å². The van der Waals surface area contributed by atoms with Crippen LogP contribution in [0.25, 0.3) is 0 Å². The van der Waals surface area contributed by atoms with Crippen molar-refractivity contribution in [2.75, 3.05) is 5.75 Å². The van der Waals surface area contributed by atoms with Gasteiger partial charge in [0.1, 0.15) is 0 Å². The summed E-state index contributed by atoms with van der Waals surface area (Å²) in [5, 5.41) is 0.680. The van der Waals surface area contributed by atoms with E-state index in [2.05, 4.69) is 4.74 Å². The lowest BCUT2D eigenvalue weighted by Gasteiger charge is -2.04. The minimum atomic E-state index is -0.424. The molecule has 1 fully saturated rings. The first-order chi connectivity index (χ1) is 7.65. The molecule has 5 heteroatoms. The second-order valence-electron chi connectivity index (χ2n) is 3.46. The summed E-state index contributed by atoms with van der Waals surface area (Å²) in [6.45, 7) is 0. The van der Waals surface area contributed by atoms with Crippen molar-refractivity contribution < 1.29 is 14.3 Å². The lowest BCUT2D eigenvalue weighted by Crippen LogP contribution is -2.09. The molecule has 1 aromatic carbocycles. The van der Waals surface area contributed by atoms with E-state index in [9.17, 15) is 9.59 Å². The summed E-state index contributed by atoms with van der Waals surface area (Å²) in [5.41, 5.74) is 0. The highest BCUT2D eigenvalue weighted by Gasteiger charge is 2.33. The highest BCUT2D eigenvalue weighted by molar-refractivity contribution is 7.99. The van der Waals surface area contributed by atoms with E-state index < -0.39 is 11.9 Å². The molecule has 0 spiro atoms. The Morgan fingerprint density at radius 2 is 2.00 bits per heavy atom. The van der Waals surface area contributed by atoms with Crippen molar-refractivity contribution in [2.45, 2.75) is 11.3 Å². The Labute approximate surface area is 102 Å². The van der Waals surface area contributed by atoms with Gasteiger partial charge in [-0.05, 0) is 24.3 Å². The molecule has 1 aromatic rings. The molecule has 1 heterocycles. The number of esters is 2. The Balaban J connectivity index is 1.90. The number of cyclic esters (lactones) is 2. The molecule has 1 aliphatic rings. The Hall–Kier alpha value is -1.00. The third-order valence-corrected chi connectivity index (χ3v) is 3.65. The first kappa shape index (κ1) is 11.5. The molecule has 0 aromatic heterocycles. The Morgan fingerprint density at radius 3 is 2.56 bits per heavy atom. The van der Waals surface area contributed by atoms with Crippen molar-refractivity contribution >= 4 is 35.3 Å². The molecule has 84 valence electrons. The average molecular weight is 257 g/mol. The highest BCUT2D eigenvalue weighted by atomic mass is 35.5. The number of benzene rings is 1. The van der Waals surface area contributed by atoms with Crippen LogP contribution in [0, 0.1) is 5.92 Å². The fourth-order valence-corrected chi connectivity index (χ4v) is 2.48. The van der Waals surface area contributed by atoms with E-state index in [0.717, 1.165) is 4.90 Å². The van der Waals surface area contributed by atoms with Crippen LogP contribution in [0.15, 0.2) is 29.2 Å². The van der Waals surface area contributed by atoms with Gasteiger partial charge in [-0.25, -0.2) is 0 Å². The first-order valence-electron chi connectivity index (χ1n) is 4.78. The van der Waals surface area contributed by atoms with Crippen molar-refractivity contribution in [1.29, 1.82) is 0 Å². The number of hydrogen-bond acceptors (Lipinski definition) is 4. The molecule has 0 aliphatic carbocycles. The predicted octanol–water partition coefficient (Wildman–Crippen LogP) is 2.52. The predicted molar refractivity (Wildman–Crippen MR) is 61.4 cm³/mol. The number of carbonyl (C=O) groups is 2. The number of carbonyl (C=O) groups excluding carboxylic acids is 2. The number of ether oxygens (including phenoxy) is 1. The van der Waals surface area contributed by atoms with Gasteiger partial charge in [-0.1, -0.05) is 11.6 Å². The Kier molecular flexibility index (Phi) is 3.51. The van der Waals surface area contributed by atoms with Gasteiger partial charge in [0.2, 0.25) is 0 Å². The Morgan fingerprint density at radius 1 is 1.31 bits per heavy atom. The second-order valence-corrected chi connectivity index (χ2v) is 4.99. The fourth-order valence-electron chi connectivity index (χ4n) is 1.38. The maximum atomic E-state index is 11.2. The van der Waals surface area contributed by atoms with Crippen molar-refractivity contribution in [3.8, 4) is 0 Å². The lowest BCUT2D eigenvalue weighted by molar-refractivity contribution is -0.152. The maximum Gasteiger partial charge on any atom is 0.318 e. The summed E-state index contributed by atoms with van der Waals surface area (Å²) in [7, 11) is 0. The molecule has 1 atom stereocenters. The fraction of sp³-hybridized carbons (Fsp3) is 0.273. The zero-order valence-corrected chi connectivity index (χ0v) is 9.88. The van der Waals surface area contributed by atoms with Crippen LogP contribution in [-0.2, 0) is 14.3 Å². The smallest absolute Gasteiger partial charge is 0.318 e. The molecule has 16 heavy (non-hydrogen) atoms. The molecule has 1 unspecified atom stereocenters. The zero-order valence-electron chi connectivity index (χ0n) is 8.31. The third-order valence-electron chi connectivity index (χ3n) is 2.23. The average Bonchev–Trinajstić information content (AvgIpc) is 2.57. The topological polar surface area (TPSA) is 43.4 Å². The summed E-state index contributed by atoms with van der Waals surface area (Å²) in [6, 6.07) is 7.36. The van der Waals surface area contributed by atoms with Crippen molar-refractivity contribution in [3.63, 3.8) is 0 Å². The van der Waals surface area contributed by atoms with E-state index in [1.165, 1.54) is 11.8 Å². The van der Waals surface area contributed by atoms with Gasteiger partial charge in [0.05, 0.1) is 12.3 Å². The van der Waals surface area contributed by atoms with Gasteiger partial charge in [0.15, 0.2) is 0 Å². The van der Waals surface area contributed by atoms with Crippen LogP contribution in [-0.4, -0.2) is 17.7 Å². The van der Waals surface area contributed by atoms with Crippen LogP contribution in [0.4, 0.5) is 0 Å². The second kappa shape index (κ2) is 4.89. The van der Waals surface area contributed by atoms with Gasteiger partial charge in [-0.3, -0.25) is 9.59 Å². The van der Waals surface area contributed by atoms with E-state index in [1.54, 1.807) is 12.1 Å². The Bertz CT molecular complexity index is 416. The summed E-state index contributed by atoms with van der Waals surface area (Å²) in [5.74, 6) is -0.585. The standard InChI is InChI=1S/C11H9ClO3S/c12-8-1-3-9(4-2-8)16-6-7-5-10(13)15-11(7)14/h1-4,7H,5-6H2. The van der Waals surface area contributed by atoms with Crippen LogP contribution >= 0.6 is 23.4 Å². The molecule has 0 radical (unpaired) electrons. The molecule has 0 saturated carbocycles. The zero-order chi connectivity index (χ0) is 11.5. The van der Waals surface area contributed by atoms with Gasteiger partial charge in [0.25, 0.3) is 0 Å². The third kappa shape index (κ3) is 2.77. The number of rotatable bonds is 3. The molecule has 0 N–H and O–H groups in total. The van der Waals surface area contributed by atoms with Gasteiger partial charge < -0.3 is 4.74 Å². The van der Waals surface area contributed by atoms with Gasteiger partial charge >= 0.3 is 11.9 Å². The molecule has 0 bridgehead atoms. The van der Waals surface area contributed by atoms with Crippen molar-refractivity contribution in [3.05, 3.63) is 29.3 Å². The molecule has 3 nitrogen and oxygen atoms in total. The molecular formula is C11H9ClO3S. The number of hydrogen-bond donors (Lipinski definition) is 0. The normalized spacial score (nSPS) is 19.9. The van der Waals surface area contributed by atoms with Gasteiger partial charge in [0, 0.05) is 15.7 Å². The quantitative estimate of drug-likeness (QED) is 0.474. The summed E-state index contributed by atoms with van der Waals surface area (Å²) >= 11 is 7.27. The van der Waals surface area contributed by atoms with Crippen LogP contribution < -0.4 is 0 Å². The van der Waals surface area contributed by atoms with E-state index >= 15 is 0 Å². The van der Waals surface area contributed by atoms with Crippen molar-refractivity contribution in [1.82, 2.24) is 0 Å².